The summed E-state index contributed by atoms with van der Waals surface area (Å²) in [4.78, 5) is 11.5. The Hall–Kier alpha value is -2.36. The molecular formula is C18H19FO3. The second-order valence-corrected chi connectivity index (χ2v) is 5.47. The molecule has 1 unspecified atom stereocenters. The van der Waals surface area contributed by atoms with E-state index in [4.69, 9.17) is 4.74 Å². The fraction of sp³-hybridized carbons (Fsp3) is 0.278. The molecule has 1 atom stereocenters. The Kier molecular flexibility index (Phi) is 5.15. The van der Waals surface area contributed by atoms with Crippen molar-refractivity contribution in [3.05, 3.63) is 65.5 Å². The highest BCUT2D eigenvalue weighted by Gasteiger charge is 2.21. The van der Waals surface area contributed by atoms with Gasteiger partial charge in [-0.3, -0.25) is 0 Å². The van der Waals surface area contributed by atoms with Crippen LogP contribution in [0.1, 0.15) is 30.9 Å². The minimum absolute atomic E-state index is 0.183. The molecule has 0 saturated heterocycles. The number of rotatable bonds is 6. The molecule has 0 spiro atoms. The van der Waals surface area contributed by atoms with Gasteiger partial charge < -0.3 is 9.84 Å². The number of carboxylic acids is 1. The first-order valence-electron chi connectivity index (χ1n) is 7.20. The average molecular weight is 302 g/mol. The number of hydrogen-bond donors (Lipinski definition) is 1. The highest BCUT2D eigenvalue weighted by Crippen LogP contribution is 2.27. The normalized spacial score (nSPS) is 12.2. The van der Waals surface area contributed by atoms with Gasteiger partial charge in [0.15, 0.2) is 6.10 Å². The molecule has 2 aromatic carbocycles. The molecule has 3 nitrogen and oxygen atoms in total. The van der Waals surface area contributed by atoms with Crippen molar-refractivity contribution in [1.29, 1.82) is 0 Å². The zero-order valence-corrected chi connectivity index (χ0v) is 12.6. The van der Waals surface area contributed by atoms with Crippen molar-refractivity contribution in [3.8, 4) is 5.75 Å². The SMILES string of the molecule is CC(C)c1ccccc1OC(Cc1ccc(F)cc1)C(=O)O. The number of halogens is 1. The molecular weight excluding hydrogens is 283 g/mol. The van der Waals surface area contributed by atoms with E-state index in [2.05, 4.69) is 0 Å². The summed E-state index contributed by atoms with van der Waals surface area (Å²) >= 11 is 0. The van der Waals surface area contributed by atoms with Crippen LogP contribution in [0.2, 0.25) is 0 Å². The number of carboxylic acid groups (broad SMARTS) is 1. The molecule has 0 fully saturated rings. The fourth-order valence-corrected chi connectivity index (χ4v) is 2.23. The number of para-hydroxylation sites is 1. The summed E-state index contributed by atoms with van der Waals surface area (Å²) in [7, 11) is 0. The summed E-state index contributed by atoms with van der Waals surface area (Å²) in [6, 6.07) is 13.2. The van der Waals surface area contributed by atoms with Crippen LogP contribution in [-0.2, 0) is 11.2 Å². The zero-order valence-electron chi connectivity index (χ0n) is 12.6. The second-order valence-electron chi connectivity index (χ2n) is 5.47. The largest absolute Gasteiger partial charge is 0.478 e. The predicted octanol–water partition coefficient (Wildman–Crippen LogP) is 4.02. The Morgan fingerprint density at radius 3 is 2.36 bits per heavy atom. The van der Waals surface area contributed by atoms with Gasteiger partial charge in [-0.05, 0) is 35.2 Å². The molecule has 22 heavy (non-hydrogen) atoms. The maximum absolute atomic E-state index is 12.9. The van der Waals surface area contributed by atoms with Gasteiger partial charge >= 0.3 is 5.97 Å². The maximum atomic E-state index is 12.9. The molecule has 2 rings (SSSR count). The standard InChI is InChI=1S/C18H19FO3/c1-12(2)15-5-3-4-6-16(15)22-17(18(20)21)11-13-7-9-14(19)10-8-13/h3-10,12,17H,11H2,1-2H3,(H,20,21). The van der Waals surface area contributed by atoms with Crippen molar-refractivity contribution < 1.29 is 19.0 Å². The number of hydrogen-bond acceptors (Lipinski definition) is 2. The van der Waals surface area contributed by atoms with Gasteiger partial charge in [0.05, 0.1) is 0 Å². The fourth-order valence-electron chi connectivity index (χ4n) is 2.23. The van der Waals surface area contributed by atoms with Crippen molar-refractivity contribution in [3.63, 3.8) is 0 Å². The Morgan fingerprint density at radius 1 is 1.14 bits per heavy atom. The molecule has 116 valence electrons. The van der Waals surface area contributed by atoms with Gasteiger partial charge in [0, 0.05) is 6.42 Å². The smallest absolute Gasteiger partial charge is 0.345 e. The third kappa shape index (κ3) is 4.07. The van der Waals surface area contributed by atoms with E-state index >= 15 is 0 Å². The predicted molar refractivity (Wildman–Crippen MR) is 82.7 cm³/mol. The minimum atomic E-state index is -1.04. The molecule has 1 N–H and O–H groups in total. The lowest BCUT2D eigenvalue weighted by Crippen LogP contribution is -2.29. The topological polar surface area (TPSA) is 46.5 Å². The van der Waals surface area contributed by atoms with Crippen molar-refractivity contribution in [2.24, 2.45) is 0 Å². The monoisotopic (exact) mass is 302 g/mol. The number of ether oxygens (including phenoxy) is 1. The Labute approximate surface area is 129 Å². The molecule has 0 aliphatic carbocycles. The van der Waals surface area contributed by atoms with Gasteiger partial charge in [-0.1, -0.05) is 44.2 Å². The van der Waals surface area contributed by atoms with Crippen LogP contribution in [0.3, 0.4) is 0 Å². The van der Waals surface area contributed by atoms with Crippen molar-refractivity contribution in [2.45, 2.75) is 32.3 Å². The van der Waals surface area contributed by atoms with Crippen LogP contribution in [0, 0.1) is 5.82 Å². The lowest BCUT2D eigenvalue weighted by molar-refractivity contribution is -0.145. The van der Waals surface area contributed by atoms with E-state index in [-0.39, 0.29) is 18.2 Å². The molecule has 4 heteroatoms. The van der Waals surface area contributed by atoms with Gasteiger partial charge in [-0.25, -0.2) is 9.18 Å². The van der Waals surface area contributed by atoms with Crippen LogP contribution >= 0.6 is 0 Å². The summed E-state index contributed by atoms with van der Waals surface area (Å²) in [6.45, 7) is 4.05. The summed E-state index contributed by atoms with van der Waals surface area (Å²) in [5.74, 6) is -0.576. The second kappa shape index (κ2) is 7.07. The molecule has 2 aromatic rings. The van der Waals surface area contributed by atoms with E-state index in [1.165, 1.54) is 12.1 Å². The lowest BCUT2D eigenvalue weighted by atomic mass is 10.0. The van der Waals surface area contributed by atoms with Crippen LogP contribution in [0.25, 0.3) is 0 Å². The van der Waals surface area contributed by atoms with E-state index in [1.54, 1.807) is 18.2 Å². The van der Waals surface area contributed by atoms with Crippen molar-refractivity contribution in [1.82, 2.24) is 0 Å². The Bertz CT molecular complexity index is 635. The first-order chi connectivity index (χ1) is 10.5. The van der Waals surface area contributed by atoms with Crippen LogP contribution in [-0.4, -0.2) is 17.2 Å². The number of benzene rings is 2. The zero-order chi connectivity index (χ0) is 16.1. The molecule has 0 aliphatic heterocycles. The van der Waals surface area contributed by atoms with Gasteiger partial charge in [0.2, 0.25) is 0 Å². The van der Waals surface area contributed by atoms with Crippen LogP contribution in [0.15, 0.2) is 48.5 Å². The first-order valence-corrected chi connectivity index (χ1v) is 7.20. The van der Waals surface area contributed by atoms with Gasteiger partial charge in [-0.15, -0.1) is 0 Å². The molecule has 0 radical (unpaired) electrons. The van der Waals surface area contributed by atoms with Gasteiger partial charge in [0.25, 0.3) is 0 Å². The van der Waals surface area contributed by atoms with Crippen molar-refractivity contribution in [2.75, 3.05) is 0 Å². The Morgan fingerprint density at radius 2 is 1.77 bits per heavy atom. The van der Waals surface area contributed by atoms with Crippen LogP contribution < -0.4 is 4.74 Å². The third-order valence-electron chi connectivity index (χ3n) is 3.42. The van der Waals surface area contributed by atoms with Crippen molar-refractivity contribution >= 4 is 5.97 Å². The Balaban J connectivity index is 2.19. The van der Waals surface area contributed by atoms with Gasteiger partial charge in [-0.2, -0.15) is 0 Å². The van der Waals surface area contributed by atoms with E-state index in [0.29, 0.717) is 5.75 Å². The number of aliphatic carboxylic acids is 1. The molecule has 0 aromatic heterocycles. The molecule has 0 heterocycles. The lowest BCUT2D eigenvalue weighted by Gasteiger charge is -2.19. The van der Waals surface area contributed by atoms with Gasteiger partial charge in [0.1, 0.15) is 11.6 Å². The van der Waals surface area contributed by atoms with E-state index in [9.17, 15) is 14.3 Å². The third-order valence-corrected chi connectivity index (χ3v) is 3.42. The van der Waals surface area contributed by atoms with Crippen LogP contribution in [0.4, 0.5) is 4.39 Å². The maximum Gasteiger partial charge on any atom is 0.345 e. The highest BCUT2D eigenvalue weighted by atomic mass is 19.1. The molecule has 0 saturated carbocycles. The summed E-state index contributed by atoms with van der Waals surface area (Å²) in [5.41, 5.74) is 1.68. The van der Waals surface area contributed by atoms with E-state index < -0.39 is 12.1 Å². The quantitative estimate of drug-likeness (QED) is 0.876. The molecule has 0 bridgehead atoms. The summed E-state index contributed by atoms with van der Waals surface area (Å²) in [5, 5.41) is 9.38. The minimum Gasteiger partial charge on any atom is -0.478 e. The van der Waals surface area contributed by atoms with E-state index in [0.717, 1.165) is 11.1 Å². The first kappa shape index (κ1) is 16.0. The van der Waals surface area contributed by atoms with Crippen LogP contribution in [0.5, 0.6) is 5.75 Å². The molecule has 0 amide bonds. The summed E-state index contributed by atoms with van der Waals surface area (Å²) in [6.07, 6.45) is -0.826. The molecule has 0 aliphatic rings. The summed E-state index contributed by atoms with van der Waals surface area (Å²) < 4.78 is 18.6. The highest BCUT2D eigenvalue weighted by molar-refractivity contribution is 5.73. The average Bonchev–Trinajstić information content (AvgIpc) is 2.49. The number of carbonyl (C=O) groups is 1. The van der Waals surface area contributed by atoms with E-state index in [1.807, 2.05) is 32.0 Å².